The summed E-state index contributed by atoms with van der Waals surface area (Å²) in [5.74, 6) is 0. The van der Waals surface area contributed by atoms with Crippen LogP contribution in [0.15, 0.2) is 0 Å². The summed E-state index contributed by atoms with van der Waals surface area (Å²) < 4.78 is 1.33. The van der Waals surface area contributed by atoms with Crippen molar-refractivity contribution in [2.24, 2.45) is 0 Å². The van der Waals surface area contributed by atoms with Gasteiger partial charge >= 0.3 is 0 Å². The Morgan fingerprint density at radius 1 is 0.500 bits per heavy atom. The molecule has 0 aromatic carbocycles. The van der Waals surface area contributed by atoms with Crippen molar-refractivity contribution in [2.75, 3.05) is 26.2 Å². The Morgan fingerprint density at radius 2 is 0.850 bits per heavy atom. The van der Waals surface area contributed by atoms with E-state index in [1.54, 1.807) is 0 Å². The highest BCUT2D eigenvalue weighted by Gasteiger charge is 2.19. The lowest BCUT2D eigenvalue weighted by Gasteiger charge is -2.35. The summed E-state index contributed by atoms with van der Waals surface area (Å²) >= 11 is 0. The van der Waals surface area contributed by atoms with Crippen LogP contribution < -0.4 is 12.4 Å². The predicted molar refractivity (Wildman–Crippen MR) is 88.6 cm³/mol. The average molecular weight is 306 g/mol. The highest BCUT2D eigenvalue weighted by atomic mass is 35.5. The van der Waals surface area contributed by atoms with Gasteiger partial charge in [-0.15, -0.1) is 0 Å². The predicted octanol–water partition coefficient (Wildman–Crippen LogP) is 2.79. The van der Waals surface area contributed by atoms with Crippen LogP contribution in [0.5, 0.6) is 0 Å². The SMILES string of the molecule is CCCCCCCCCCCC[N+](CC)(CC)CC.[Cl-]. The summed E-state index contributed by atoms with van der Waals surface area (Å²) in [6.45, 7) is 14.7. The molecular formula is C18H40ClN. The lowest BCUT2D eigenvalue weighted by molar-refractivity contribution is -0.923. The van der Waals surface area contributed by atoms with Gasteiger partial charge in [-0.25, -0.2) is 0 Å². The van der Waals surface area contributed by atoms with Gasteiger partial charge < -0.3 is 16.9 Å². The molecule has 0 amide bonds. The van der Waals surface area contributed by atoms with E-state index in [-0.39, 0.29) is 12.4 Å². The first kappa shape index (κ1) is 22.5. The number of nitrogens with zero attached hydrogens (tertiary/aromatic N) is 1. The number of quaternary nitrogens is 1. The van der Waals surface area contributed by atoms with Crippen LogP contribution in [0.1, 0.15) is 91.9 Å². The van der Waals surface area contributed by atoms with Crippen LogP contribution >= 0.6 is 0 Å². The highest BCUT2D eigenvalue weighted by molar-refractivity contribution is 4.48. The van der Waals surface area contributed by atoms with Gasteiger partial charge in [0.05, 0.1) is 26.2 Å². The zero-order valence-corrected chi connectivity index (χ0v) is 15.5. The van der Waals surface area contributed by atoms with Crippen molar-refractivity contribution in [1.82, 2.24) is 0 Å². The Morgan fingerprint density at radius 3 is 1.20 bits per heavy atom. The van der Waals surface area contributed by atoms with Crippen LogP contribution in [-0.2, 0) is 0 Å². The molecule has 0 aliphatic rings. The van der Waals surface area contributed by atoms with Crippen LogP contribution in [0.25, 0.3) is 0 Å². The van der Waals surface area contributed by atoms with E-state index < -0.39 is 0 Å². The van der Waals surface area contributed by atoms with Gasteiger partial charge in [-0.2, -0.15) is 0 Å². The van der Waals surface area contributed by atoms with Crippen LogP contribution in [0, 0.1) is 0 Å². The van der Waals surface area contributed by atoms with Crippen molar-refractivity contribution in [3.05, 3.63) is 0 Å². The van der Waals surface area contributed by atoms with E-state index in [1.807, 2.05) is 0 Å². The third-order valence-electron chi connectivity index (χ3n) is 5.00. The summed E-state index contributed by atoms with van der Waals surface area (Å²) in [4.78, 5) is 0. The molecule has 124 valence electrons. The van der Waals surface area contributed by atoms with Crippen molar-refractivity contribution >= 4 is 0 Å². The Bertz CT molecular complexity index is 170. The summed E-state index contributed by atoms with van der Waals surface area (Å²) in [6.07, 6.45) is 14.5. The number of unbranched alkanes of at least 4 members (excludes halogenated alkanes) is 9. The molecule has 0 unspecified atom stereocenters. The van der Waals surface area contributed by atoms with Gasteiger partial charge in [-0.1, -0.05) is 58.3 Å². The molecule has 0 spiro atoms. The Kier molecular flexibility index (Phi) is 17.6. The van der Waals surface area contributed by atoms with E-state index in [1.165, 1.54) is 94.9 Å². The maximum Gasteiger partial charge on any atom is 0.0786 e. The molecule has 0 heterocycles. The smallest absolute Gasteiger partial charge is 0.0786 e. The zero-order valence-electron chi connectivity index (χ0n) is 14.7. The minimum absolute atomic E-state index is 0. The molecule has 0 saturated carbocycles. The molecule has 0 atom stereocenters. The number of rotatable bonds is 14. The van der Waals surface area contributed by atoms with E-state index in [0.29, 0.717) is 0 Å². The molecule has 0 aliphatic heterocycles. The maximum atomic E-state index is 2.35. The van der Waals surface area contributed by atoms with Crippen molar-refractivity contribution < 1.29 is 16.9 Å². The highest BCUT2D eigenvalue weighted by Crippen LogP contribution is 2.13. The zero-order chi connectivity index (χ0) is 14.4. The third kappa shape index (κ3) is 11.0. The molecule has 1 nitrogen and oxygen atoms in total. The normalized spacial score (nSPS) is 11.4. The molecule has 0 radical (unpaired) electrons. The summed E-state index contributed by atoms with van der Waals surface area (Å²) in [6, 6.07) is 0. The first-order valence-electron chi connectivity index (χ1n) is 9.09. The number of hydrogen-bond donors (Lipinski definition) is 0. The fourth-order valence-corrected chi connectivity index (χ4v) is 3.08. The minimum Gasteiger partial charge on any atom is -1.00 e. The van der Waals surface area contributed by atoms with Crippen LogP contribution in [0.2, 0.25) is 0 Å². The van der Waals surface area contributed by atoms with E-state index in [0.717, 1.165) is 0 Å². The molecule has 0 fully saturated rings. The average Bonchev–Trinajstić information content (AvgIpc) is 2.46. The fourth-order valence-electron chi connectivity index (χ4n) is 3.08. The molecule has 0 aromatic heterocycles. The minimum atomic E-state index is 0. The van der Waals surface area contributed by atoms with Gasteiger partial charge in [0.2, 0.25) is 0 Å². The number of hydrogen-bond acceptors (Lipinski definition) is 0. The number of halogens is 1. The summed E-state index contributed by atoms with van der Waals surface area (Å²) in [5.41, 5.74) is 0. The van der Waals surface area contributed by atoms with Crippen molar-refractivity contribution in [3.8, 4) is 0 Å². The second-order valence-electron chi connectivity index (χ2n) is 6.20. The molecular weight excluding hydrogens is 266 g/mol. The maximum absolute atomic E-state index is 2.35. The van der Waals surface area contributed by atoms with Gasteiger partial charge in [0.25, 0.3) is 0 Å². The Balaban J connectivity index is 0. The van der Waals surface area contributed by atoms with Crippen molar-refractivity contribution in [2.45, 2.75) is 91.9 Å². The van der Waals surface area contributed by atoms with E-state index >= 15 is 0 Å². The van der Waals surface area contributed by atoms with E-state index in [9.17, 15) is 0 Å². The second kappa shape index (κ2) is 15.6. The topological polar surface area (TPSA) is 0 Å². The summed E-state index contributed by atoms with van der Waals surface area (Å²) in [7, 11) is 0. The largest absolute Gasteiger partial charge is 1.00 e. The van der Waals surface area contributed by atoms with Gasteiger partial charge in [0, 0.05) is 0 Å². The van der Waals surface area contributed by atoms with Crippen LogP contribution in [0.3, 0.4) is 0 Å². The van der Waals surface area contributed by atoms with Gasteiger partial charge in [-0.3, -0.25) is 0 Å². The van der Waals surface area contributed by atoms with Crippen molar-refractivity contribution in [1.29, 1.82) is 0 Å². The molecule has 0 N–H and O–H groups in total. The van der Waals surface area contributed by atoms with Gasteiger partial charge in [-0.05, 0) is 33.6 Å². The molecule has 0 rings (SSSR count). The van der Waals surface area contributed by atoms with Crippen LogP contribution in [0.4, 0.5) is 0 Å². The standard InChI is InChI=1S/C18H40N.ClH/c1-5-9-10-11-12-13-14-15-16-17-18-19(6-2,7-3)8-4;/h5-18H2,1-4H3;1H/q+1;/p-1. The molecule has 20 heavy (non-hydrogen) atoms. The molecule has 0 saturated heterocycles. The lowest BCUT2D eigenvalue weighted by Crippen LogP contribution is -3.00. The molecule has 0 aromatic rings. The third-order valence-corrected chi connectivity index (χ3v) is 5.00. The molecule has 2 heteroatoms. The lowest BCUT2D eigenvalue weighted by atomic mass is 10.1. The second-order valence-corrected chi connectivity index (χ2v) is 6.20. The first-order valence-corrected chi connectivity index (χ1v) is 9.09. The molecule has 0 bridgehead atoms. The van der Waals surface area contributed by atoms with Gasteiger partial charge in [0.1, 0.15) is 0 Å². The first-order chi connectivity index (χ1) is 9.24. The Hall–Kier alpha value is 0.250. The quantitative estimate of drug-likeness (QED) is 0.342. The summed E-state index contributed by atoms with van der Waals surface area (Å²) in [5, 5.41) is 0. The van der Waals surface area contributed by atoms with E-state index in [2.05, 4.69) is 27.7 Å². The Labute approximate surface area is 135 Å². The fraction of sp³-hybridized carbons (Fsp3) is 1.00. The monoisotopic (exact) mass is 305 g/mol. The van der Waals surface area contributed by atoms with Crippen LogP contribution in [-0.4, -0.2) is 30.7 Å². The van der Waals surface area contributed by atoms with E-state index in [4.69, 9.17) is 0 Å². The molecule has 0 aliphatic carbocycles. The van der Waals surface area contributed by atoms with Gasteiger partial charge in [0.15, 0.2) is 0 Å². The van der Waals surface area contributed by atoms with Crippen molar-refractivity contribution in [3.63, 3.8) is 0 Å².